The van der Waals surface area contributed by atoms with Crippen LogP contribution in [0, 0.1) is 0 Å². The Hall–Kier alpha value is -1.62. The Bertz CT molecular complexity index is 390. The minimum atomic E-state index is -0.210. The van der Waals surface area contributed by atoms with Gasteiger partial charge in [-0.25, -0.2) is 4.79 Å². The van der Waals surface area contributed by atoms with E-state index in [0.29, 0.717) is 11.3 Å². The number of amides is 2. The number of anilines is 1. The molecule has 0 aliphatic carbocycles. The smallest absolute Gasteiger partial charge is 0.321 e. The summed E-state index contributed by atoms with van der Waals surface area (Å²) < 4.78 is 0. The van der Waals surface area contributed by atoms with Crippen LogP contribution in [0.15, 0.2) is 24.3 Å². The minimum absolute atomic E-state index is 0.210. The summed E-state index contributed by atoms with van der Waals surface area (Å²) in [6.45, 7) is 0. The first-order valence-corrected chi connectivity index (χ1v) is 4.80. The Labute approximate surface area is 94.1 Å². The molecule has 0 unspecified atom stereocenters. The fourth-order valence-corrected chi connectivity index (χ4v) is 1.21. The van der Waals surface area contributed by atoms with E-state index in [1.54, 1.807) is 26.2 Å². The summed E-state index contributed by atoms with van der Waals surface area (Å²) in [6.07, 6.45) is 0. The maximum atomic E-state index is 11.4. The predicted molar refractivity (Wildman–Crippen MR) is 65.0 cm³/mol. The number of carbonyl (C=O) groups is 1. The molecule has 1 aromatic carbocycles. The van der Waals surface area contributed by atoms with Crippen molar-refractivity contribution in [2.24, 2.45) is 5.73 Å². The van der Waals surface area contributed by atoms with Gasteiger partial charge in [-0.1, -0.05) is 24.4 Å². The zero-order valence-corrected chi connectivity index (χ0v) is 9.47. The van der Waals surface area contributed by atoms with Gasteiger partial charge < -0.3 is 16.0 Å². The van der Waals surface area contributed by atoms with Crippen LogP contribution in [0.5, 0.6) is 0 Å². The van der Waals surface area contributed by atoms with Crippen molar-refractivity contribution in [3.63, 3.8) is 0 Å². The van der Waals surface area contributed by atoms with Crippen LogP contribution in [-0.4, -0.2) is 30.0 Å². The summed E-state index contributed by atoms with van der Waals surface area (Å²) >= 11 is 4.88. The summed E-state index contributed by atoms with van der Waals surface area (Å²) in [5.74, 6) is 0. The molecule has 0 atom stereocenters. The number of nitrogens with zero attached hydrogens (tertiary/aromatic N) is 1. The quantitative estimate of drug-likeness (QED) is 0.745. The van der Waals surface area contributed by atoms with E-state index in [-0.39, 0.29) is 11.0 Å². The van der Waals surface area contributed by atoms with Crippen LogP contribution >= 0.6 is 12.2 Å². The number of carbonyl (C=O) groups excluding carboxylic acids is 1. The van der Waals surface area contributed by atoms with Crippen molar-refractivity contribution in [3.05, 3.63) is 29.8 Å². The molecule has 3 N–H and O–H groups in total. The van der Waals surface area contributed by atoms with Crippen molar-refractivity contribution in [2.45, 2.75) is 0 Å². The zero-order valence-electron chi connectivity index (χ0n) is 8.65. The van der Waals surface area contributed by atoms with Gasteiger partial charge in [-0.3, -0.25) is 0 Å². The molecule has 0 bridgehead atoms. The first-order chi connectivity index (χ1) is 7.02. The van der Waals surface area contributed by atoms with Crippen LogP contribution in [0.3, 0.4) is 0 Å². The van der Waals surface area contributed by atoms with Crippen LogP contribution in [0.4, 0.5) is 10.5 Å². The zero-order chi connectivity index (χ0) is 11.4. The largest absolute Gasteiger partial charge is 0.389 e. The normalized spacial score (nSPS) is 9.47. The Balaban J connectivity index is 2.94. The minimum Gasteiger partial charge on any atom is -0.389 e. The van der Waals surface area contributed by atoms with Crippen LogP contribution < -0.4 is 11.1 Å². The molecule has 0 saturated heterocycles. The van der Waals surface area contributed by atoms with Gasteiger partial charge in [0.2, 0.25) is 0 Å². The van der Waals surface area contributed by atoms with E-state index in [9.17, 15) is 4.79 Å². The van der Waals surface area contributed by atoms with E-state index in [0.717, 1.165) is 0 Å². The maximum absolute atomic E-state index is 11.4. The predicted octanol–water partition coefficient (Wildman–Crippen LogP) is 1.41. The molecule has 0 aromatic heterocycles. The average molecular weight is 223 g/mol. The van der Waals surface area contributed by atoms with E-state index in [1.807, 2.05) is 12.1 Å². The Kier molecular flexibility index (Phi) is 3.62. The topological polar surface area (TPSA) is 58.4 Å². The number of para-hydroxylation sites is 1. The first kappa shape index (κ1) is 11.5. The molecule has 0 spiro atoms. The monoisotopic (exact) mass is 223 g/mol. The van der Waals surface area contributed by atoms with E-state index in [4.69, 9.17) is 18.0 Å². The molecule has 1 aromatic rings. The van der Waals surface area contributed by atoms with Gasteiger partial charge in [-0.2, -0.15) is 0 Å². The number of hydrogen-bond donors (Lipinski definition) is 2. The molecule has 0 aliphatic heterocycles. The van der Waals surface area contributed by atoms with Gasteiger partial charge in [0.25, 0.3) is 0 Å². The maximum Gasteiger partial charge on any atom is 0.321 e. The van der Waals surface area contributed by atoms with Crippen molar-refractivity contribution >= 4 is 28.9 Å². The summed E-state index contributed by atoms with van der Waals surface area (Å²) in [7, 11) is 3.33. The highest BCUT2D eigenvalue weighted by Crippen LogP contribution is 2.14. The third-order valence-corrected chi connectivity index (χ3v) is 2.06. The number of rotatable bonds is 2. The van der Waals surface area contributed by atoms with Crippen molar-refractivity contribution in [1.29, 1.82) is 0 Å². The SMILES string of the molecule is CN(C)C(=O)Nc1ccccc1C(N)=S. The lowest BCUT2D eigenvalue weighted by atomic mass is 10.2. The molecule has 5 heteroatoms. The van der Waals surface area contributed by atoms with Crippen LogP contribution in [0.2, 0.25) is 0 Å². The molecule has 1 rings (SSSR count). The standard InChI is InChI=1S/C10H13N3OS/c1-13(2)10(14)12-8-6-4-3-5-7(8)9(11)15/h3-6H,1-2H3,(H2,11,15)(H,12,14). The number of hydrogen-bond acceptors (Lipinski definition) is 2. The molecule has 2 amide bonds. The van der Waals surface area contributed by atoms with Crippen molar-refractivity contribution < 1.29 is 4.79 Å². The van der Waals surface area contributed by atoms with Crippen LogP contribution in [0.1, 0.15) is 5.56 Å². The molecule has 0 fully saturated rings. The van der Waals surface area contributed by atoms with Gasteiger partial charge in [0.1, 0.15) is 4.99 Å². The number of nitrogens with one attached hydrogen (secondary N) is 1. The van der Waals surface area contributed by atoms with Crippen LogP contribution in [-0.2, 0) is 0 Å². The van der Waals surface area contributed by atoms with Gasteiger partial charge in [0.15, 0.2) is 0 Å². The third kappa shape index (κ3) is 2.92. The molecule has 80 valence electrons. The average Bonchev–Trinajstić information content (AvgIpc) is 2.18. The number of nitrogens with two attached hydrogens (primary N) is 1. The number of thiocarbonyl (C=S) groups is 1. The molecule has 0 aliphatic rings. The molecular weight excluding hydrogens is 210 g/mol. The molecule has 15 heavy (non-hydrogen) atoms. The highest BCUT2D eigenvalue weighted by Gasteiger charge is 2.08. The van der Waals surface area contributed by atoms with Gasteiger partial charge >= 0.3 is 6.03 Å². The van der Waals surface area contributed by atoms with Crippen LogP contribution in [0.25, 0.3) is 0 Å². The second-order valence-electron chi connectivity index (χ2n) is 3.23. The Morgan fingerprint density at radius 1 is 1.40 bits per heavy atom. The van der Waals surface area contributed by atoms with Gasteiger partial charge in [-0.05, 0) is 12.1 Å². The molecule has 0 heterocycles. The summed E-state index contributed by atoms with van der Waals surface area (Å²) in [6, 6.07) is 6.95. The van der Waals surface area contributed by atoms with E-state index in [2.05, 4.69) is 5.32 Å². The summed E-state index contributed by atoms with van der Waals surface area (Å²) in [5.41, 5.74) is 6.83. The van der Waals surface area contributed by atoms with Crippen molar-refractivity contribution in [1.82, 2.24) is 4.90 Å². The highest BCUT2D eigenvalue weighted by molar-refractivity contribution is 7.80. The van der Waals surface area contributed by atoms with E-state index in [1.165, 1.54) is 4.90 Å². The molecule has 0 radical (unpaired) electrons. The van der Waals surface area contributed by atoms with Gasteiger partial charge in [-0.15, -0.1) is 0 Å². The van der Waals surface area contributed by atoms with Crippen molar-refractivity contribution in [2.75, 3.05) is 19.4 Å². The summed E-state index contributed by atoms with van der Waals surface area (Å²) in [4.78, 5) is 13.1. The fraction of sp³-hybridized carbons (Fsp3) is 0.200. The summed E-state index contributed by atoms with van der Waals surface area (Å²) in [5, 5.41) is 2.71. The lowest BCUT2D eigenvalue weighted by molar-refractivity contribution is 0.230. The fourth-order valence-electron chi connectivity index (χ4n) is 1.03. The van der Waals surface area contributed by atoms with Gasteiger partial charge in [0.05, 0.1) is 5.69 Å². The lowest BCUT2D eigenvalue weighted by Crippen LogP contribution is -2.28. The third-order valence-electron chi connectivity index (χ3n) is 1.84. The van der Waals surface area contributed by atoms with E-state index >= 15 is 0 Å². The van der Waals surface area contributed by atoms with Crippen molar-refractivity contribution in [3.8, 4) is 0 Å². The highest BCUT2D eigenvalue weighted by atomic mass is 32.1. The number of urea groups is 1. The first-order valence-electron chi connectivity index (χ1n) is 4.39. The Morgan fingerprint density at radius 3 is 2.53 bits per heavy atom. The molecule has 0 saturated carbocycles. The number of benzene rings is 1. The van der Waals surface area contributed by atoms with E-state index < -0.39 is 0 Å². The molecular formula is C10H13N3OS. The second-order valence-corrected chi connectivity index (χ2v) is 3.67. The second kappa shape index (κ2) is 4.75. The Morgan fingerprint density at radius 2 is 2.00 bits per heavy atom. The molecule has 4 nitrogen and oxygen atoms in total. The lowest BCUT2D eigenvalue weighted by Gasteiger charge is -2.14. The van der Waals surface area contributed by atoms with Gasteiger partial charge in [0, 0.05) is 19.7 Å².